The van der Waals surface area contributed by atoms with Crippen LogP contribution in [-0.4, -0.2) is 88.9 Å². The summed E-state index contributed by atoms with van der Waals surface area (Å²) in [6, 6.07) is 2.72. The molecule has 1 aromatic carbocycles. The van der Waals surface area contributed by atoms with Crippen molar-refractivity contribution in [2.24, 2.45) is 10.1 Å². The molecule has 1 aromatic rings. The summed E-state index contributed by atoms with van der Waals surface area (Å²) in [6.07, 6.45) is 0.711. The molecule has 224 valence electrons. The first-order valence-electron chi connectivity index (χ1n) is 12.9. The number of aliphatic imine (C=N–C) groups is 1. The van der Waals surface area contributed by atoms with Crippen LogP contribution in [0.4, 0.5) is 18.9 Å². The number of piperidine rings is 1. The summed E-state index contributed by atoms with van der Waals surface area (Å²) in [5, 5.41) is 14.1. The maximum atomic E-state index is 12.6. The zero-order valence-corrected chi connectivity index (χ0v) is 23.7. The second-order valence-corrected chi connectivity index (χ2v) is 9.89. The molecule has 1 fully saturated rings. The van der Waals surface area contributed by atoms with Crippen molar-refractivity contribution in [3.05, 3.63) is 51.7 Å². The first-order chi connectivity index (χ1) is 19.5. The van der Waals surface area contributed by atoms with Crippen LogP contribution < -0.4 is 16.0 Å². The van der Waals surface area contributed by atoms with E-state index in [0.29, 0.717) is 32.1 Å². The van der Waals surface area contributed by atoms with Gasteiger partial charge in [0.15, 0.2) is 12.1 Å². The number of likely N-dealkylation sites (N-methyl/N-ethyl adjacent to an activating group) is 2. The number of benzene rings is 1. The number of amidine groups is 1. The van der Waals surface area contributed by atoms with E-state index in [1.54, 1.807) is 7.05 Å². The number of hydrazone groups is 1. The summed E-state index contributed by atoms with van der Waals surface area (Å²) >= 11 is 5.83. The van der Waals surface area contributed by atoms with E-state index in [4.69, 9.17) is 21.1 Å². The zero-order valence-electron chi connectivity index (χ0n) is 22.9. The van der Waals surface area contributed by atoms with Crippen LogP contribution in [0.5, 0.6) is 0 Å². The lowest BCUT2D eigenvalue weighted by Crippen LogP contribution is -2.43. The van der Waals surface area contributed by atoms with Gasteiger partial charge in [-0.15, -0.1) is 0 Å². The Labute approximate surface area is 241 Å². The van der Waals surface area contributed by atoms with Crippen molar-refractivity contribution in [1.82, 2.24) is 15.6 Å². The molecule has 10 nitrogen and oxygen atoms in total. The van der Waals surface area contributed by atoms with Gasteiger partial charge in [-0.2, -0.15) is 18.3 Å². The molecular formula is C27H34ClF3N6O4. The highest BCUT2D eigenvalue weighted by atomic mass is 35.5. The Kier molecular flexibility index (Phi) is 11.5. The number of carbonyl (C=O) groups excluding carboxylic acids is 2. The second-order valence-electron chi connectivity index (χ2n) is 9.49. The van der Waals surface area contributed by atoms with Crippen LogP contribution in [0.3, 0.4) is 0 Å². The topological polar surface area (TPSA) is 117 Å². The third kappa shape index (κ3) is 8.62. The maximum absolute atomic E-state index is 12.6. The third-order valence-corrected chi connectivity index (χ3v) is 7.06. The lowest BCUT2D eigenvalue weighted by atomic mass is 9.85. The number of hydrogen-bond donors (Lipinski definition) is 3. The fourth-order valence-electron chi connectivity index (χ4n) is 4.59. The molecule has 0 aromatic heterocycles. The van der Waals surface area contributed by atoms with Crippen LogP contribution in [0.2, 0.25) is 5.02 Å². The van der Waals surface area contributed by atoms with Gasteiger partial charge >= 0.3 is 6.18 Å². The molecule has 0 atom stereocenters. The summed E-state index contributed by atoms with van der Waals surface area (Å²) in [5.74, 6) is -0.103. The number of rotatable bonds is 7. The average molecular weight is 599 g/mol. The lowest BCUT2D eigenvalue weighted by Gasteiger charge is -2.33. The Balaban J connectivity index is 0.000000275. The van der Waals surface area contributed by atoms with E-state index in [2.05, 4.69) is 32.8 Å². The molecule has 3 heterocycles. The van der Waals surface area contributed by atoms with Crippen molar-refractivity contribution in [2.45, 2.75) is 31.0 Å². The van der Waals surface area contributed by atoms with Gasteiger partial charge in [0.1, 0.15) is 12.1 Å². The smallest absolute Gasteiger partial charge is 0.389 e. The van der Waals surface area contributed by atoms with E-state index in [1.807, 2.05) is 13.1 Å². The largest absolute Gasteiger partial charge is 0.416 e. The number of ether oxygens (including phenoxy) is 2. The van der Waals surface area contributed by atoms with Gasteiger partial charge in [0.05, 0.1) is 36.1 Å². The number of halogens is 4. The summed E-state index contributed by atoms with van der Waals surface area (Å²) < 4.78 is 48.9. The van der Waals surface area contributed by atoms with Crippen molar-refractivity contribution in [3.8, 4) is 0 Å². The maximum Gasteiger partial charge on any atom is 0.416 e. The molecule has 0 radical (unpaired) electrons. The van der Waals surface area contributed by atoms with Crippen molar-refractivity contribution >= 4 is 42.0 Å². The molecule has 14 heteroatoms. The van der Waals surface area contributed by atoms with E-state index < -0.39 is 17.6 Å². The standard InChI is InChI=1S/C17H18ClF3N4O2.C10H16N2O2/c1-22-16(11-5-7-27-8-6-11)24-25(2)10-15(26)23-14-4-3-12(9-13(14)18)17(19,20)21;1-11-9-7-14-10(8(9)6-13)2-4-12-5-3-10/h3-5,9H,1,6-8,10H2,2H3,(H,23,26);6,11-12H,2-5,7H2,1H3/b24-16-;. The van der Waals surface area contributed by atoms with Gasteiger partial charge in [-0.1, -0.05) is 17.7 Å². The van der Waals surface area contributed by atoms with Crippen LogP contribution in [0, 0.1) is 0 Å². The zero-order chi connectivity index (χ0) is 30.0. The second kappa shape index (κ2) is 14.6. The van der Waals surface area contributed by atoms with Crippen molar-refractivity contribution in [3.63, 3.8) is 0 Å². The molecule has 1 spiro atoms. The van der Waals surface area contributed by atoms with Crippen LogP contribution in [0.1, 0.15) is 24.8 Å². The predicted octanol–water partition coefficient (Wildman–Crippen LogP) is 3.40. The van der Waals surface area contributed by atoms with Gasteiger partial charge in [0.2, 0.25) is 5.91 Å². The molecule has 0 bridgehead atoms. The highest BCUT2D eigenvalue weighted by Crippen LogP contribution is 2.37. The molecule has 0 aliphatic carbocycles. The van der Waals surface area contributed by atoms with Crippen molar-refractivity contribution in [1.29, 1.82) is 0 Å². The average Bonchev–Trinajstić information content (AvgIpc) is 3.29. The molecule has 1 amide bonds. The van der Waals surface area contributed by atoms with Crippen LogP contribution >= 0.6 is 11.6 Å². The fourth-order valence-corrected chi connectivity index (χ4v) is 4.81. The van der Waals surface area contributed by atoms with Gasteiger partial charge < -0.3 is 25.4 Å². The highest BCUT2D eigenvalue weighted by Gasteiger charge is 2.42. The van der Waals surface area contributed by atoms with Crippen molar-refractivity contribution < 1.29 is 32.2 Å². The molecule has 3 aliphatic rings. The number of nitrogens with zero attached hydrogens (tertiary/aromatic N) is 3. The van der Waals surface area contributed by atoms with E-state index in [0.717, 1.165) is 67.3 Å². The number of alkyl halides is 3. The Bertz CT molecular complexity index is 1210. The van der Waals surface area contributed by atoms with Gasteiger partial charge in [-0.3, -0.25) is 14.6 Å². The van der Waals surface area contributed by atoms with E-state index in [-0.39, 0.29) is 22.9 Å². The van der Waals surface area contributed by atoms with E-state index in [1.165, 1.54) is 5.01 Å². The van der Waals surface area contributed by atoms with Crippen LogP contribution in [-0.2, 0) is 25.2 Å². The van der Waals surface area contributed by atoms with Crippen LogP contribution in [0.25, 0.3) is 0 Å². The lowest BCUT2D eigenvalue weighted by molar-refractivity contribution is -0.137. The van der Waals surface area contributed by atoms with Gasteiger partial charge in [-0.05, 0) is 62.8 Å². The number of amides is 1. The molecule has 0 unspecified atom stereocenters. The quantitative estimate of drug-likeness (QED) is 0.191. The first kappa shape index (κ1) is 32.3. The van der Waals surface area contributed by atoms with E-state index in [9.17, 15) is 22.8 Å². The summed E-state index contributed by atoms with van der Waals surface area (Å²) in [5.41, 5.74) is 1.53. The molecular weight excluding hydrogens is 565 g/mol. The highest BCUT2D eigenvalue weighted by molar-refractivity contribution is 6.33. The Hall–Kier alpha value is -3.26. The number of anilines is 1. The molecule has 3 aliphatic heterocycles. The minimum absolute atomic E-state index is 0.0845. The van der Waals surface area contributed by atoms with Gasteiger partial charge in [-0.25, -0.2) is 4.99 Å². The Morgan fingerprint density at radius 1 is 1.32 bits per heavy atom. The normalized spacial score (nSPS) is 18.7. The van der Waals surface area contributed by atoms with Crippen molar-refractivity contribution in [2.75, 3.05) is 58.9 Å². The van der Waals surface area contributed by atoms with Gasteiger partial charge in [0, 0.05) is 25.4 Å². The molecule has 1 saturated heterocycles. The van der Waals surface area contributed by atoms with Crippen LogP contribution in [0.15, 0.2) is 51.2 Å². The summed E-state index contributed by atoms with van der Waals surface area (Å²) in [7, 11) is 3.40. The number of aldehydes is 1. The first-order valence-corrected chi connectivity index (χ1v) is 13.3. The molecule has 0 saturated carbocycles. The SMILES string of the molecule is C=N/C(=N\N(C)CC(=O)Nc1ccc(C(F)(F)F)cc1Cl)C1=CCOCC1.CNC1=C(C=O)C2(CCNCC2)OC1. The summed E-state index contributed by atoms with van der Waals surface area (Å²) in [6.45, 7) is 6.73. The Morgan fingerprint density at radius 3 is 2.61 bits per heavy atom. The minimum Gasteiger partial charge on any atom is -0.389 e. The molecule has 4 rings (SSSR count). The number of nitrogens with one attached hydrogen (secondary N) is 3. The summed E-state index contributed by atoms with van der Waals surface area (Å²) in [4.78, 5) is 27.0. The Morgan fingerprint density at radius 2 is 2.05 bits per heavy atom. The molecule has 3 N–H and O–H groups in total. The number of hydrogen-bond acceptors (Lipinski definition) is 8. The third-order valence-electron chi connectivity index (χ3n) is 6.75. The molecule has 41 heavy (non-hydrogen) atoms. The number of carbonyl (C=O) groups is 2. The monoisotopic (exact) mass is 598 g/mol. The van der Waals surface area contributed by atoms with Gasteiger partial charge in [0.25, 0.3) is 0 Å². The fraction of sp³-hybridized carbons (Fsp3) is 0.481. The predicted molar refractivity (Wildman–Crippen MR) is 151 cm³/mol. The minimum atomic E-state index is -4.51. The van der Waals surface area contributed by atoms with E-state index >= 15 is 0 Å².